The number of likely N-dealkylation sites (tertiary alicyclic amines) is 1. The number of Topliss-reactive ketones (excluding diaryl/α,β-unsaturated/α-hetero) is 1. The molecule has 0 aliphatic carbocycles. The van der Waals surface area contributed by atoms with E-state index in [0.29, 0.717) is 17.2 Å². The maximum atomic E-state index is 13.1. The Kier molecular flexibility index (Phi) is 6.70. The maximum absolute atomic E-state index is 13.1. The summed E-state index contributed by atoms with van der Waals surface area (Å²) in [5, 5.41) is 12.2. The number of halogens is 3. The number of rotatable bonds is 6. The molecule has 33 heavy (non-hydrogen) atoms. The number of carbonyl (C=O) groups is 2. The highest BCUT2D eigenvalue weighted by Gasteiger charge is 2.47. The number of amides is 1. The Morgan fingerprint density at radius 2 is 1.82 bits per heavy atom. The Morgan fingerprint density at radius 1 is 1.09 bits per heavy atom. The van der Waals surface area contributed by atoms with Crippen LogP contribution >= 0.6 is 34.8 Å². The van der Waals surface area contributed by atoms with Crippen molar-refractivity contribution in [2.24, 2.45) is 0 Å². The van der Waals surface area contributed by atoms with Crippen LogP contribution in [-0.4, -0.2) is 35.4 Å². The smallest absolute Gasteiger partial charge is 0.295 e. The van der Waals surface area contributed by atoms with Gasteiger partial charge < -0.3 is 19.2 Å². The van der Waals surface area contributed by atoms with Crippen LogP contribution in [0.1, 0.15) is 22.9 Å². The fraction of sp³-hybridized carbons (Fsp3) is 0.167. The van der Waals surface area contributed by atoms with E-state index in [1.807, 2.05) is 12.1 Å². The molecule has 1 atom stereocenters. The van der Waals surface area contributed by atoms with Crippen molar-refractivity contribution in [3.63, 3.8) is 0 Å². The molecule has 6 nitrogen and oxygen atoms in total. The SMILES string of the molecule is COc1c(Cl)cc(Cl)cc1/C(O)=C1/C(=O)C(=O)N(CCc2ccc(Cl)cc2)C1c1ccco1. The first kappa shape index (κ1) is 23.2. The molecule has 2 aromatic carbocycles. The molecule has 1 N–H and O–H groups in total. The molecule has 0 saturated carbocycles. The quantitative estimate of drug-likeness (QED) is 0.255. The van der Waals surface area contributed by atoms with Crippen molar-refractivity contribution in [2.45, 2.75) is 12.5 Å². The largest absolute Gasteiger partial charge is 0.507 e. The van der Waals surface area contributed by atoms with E-state index in [9.17, 15) is 14.7 Å². The first-order valence-corrected chi connectivity index (χ1v) is 11.0. The summed E-state index contributed by atoms with van der Waals surface area (Å²) in [5.41, 5.74) is 0.896. The van der Waals surface area contributed by atoms with Gasteiger partial charge in [-0.25, -0.2) is 0 Å². The molecule has 0 bridgehead atoms. The standard InChI is InChI=1S/C24H18Cl3NO5/c1-32-23-16(11-15(26)12-17(23)27)21(29)19-20(18-3-2-10-33-18)28(24(31)22(19)30)9-8-13-4-6-14(25)7-5-13/h2-7,10-12,20,29H,8-9H2,1H3/b21-19-. The van der Waals surface area contributed by atoms with Crippen LogP contribution in [0.15, 0.2) is 64.8 Å². The topological polar surface area (TPSA) is 80.0 Å². The van der Waals surface area contributed by atoms with E-state index in [1.165, 1.54) is 30.4 Å². The van der Waals surface area contributed by atoms with E-state index in [2.05, 4.69) is 0 Å². The summed E-state index contributed by atoms with van der Waals surface area (Å²) in [6, 6.07) is 12.4. The van der Waals surface area contributed by atoms with Gasteiger partial charge in [0.25, 0.3) is 11.7 Å². The number of benzene rings is 2. The second kappa shape index (κ2) is 9.51. The molecule has 1 aliphatic heterocycles. The fourth-order valence-electron chi connectivity index (χ4n) is 3.84. The van der Waals surface area contributed by atoms with Gasteiger partial charge in [-0.15, -0.1) is 0 Å². The van der Waals surface area contributed by atoms with Crippen LogP contribution < -0.4 is 4.74 Å². The number of methoxy groups -OCH3 is 1. The summed E-state index contributed by atoms with van der Waals surface area (Å²) in [5.74, 6) is -1.59. The number of nitrogens with zero attached hydrogens (tertiary/aromatic N) is 1. The molecular formula is C24H18Cl3NO5. The van der Waals surface area contributed by atoms with Crippen LogP contribution in [0.4, 0.5) is 0 Å². The van der Waals surface area contributed by atoms with Crippen LogP contribution in [0.3, 0.4) is 0 Å². The molecular weight excluding hydrogens is 489 g/mol. The molecule has 1 aliphatic rings. The van der Waals surface area contributed by atoms with Gasteiger partial charge in [0.2, 0.25) is 0 Å². The number of aliphatic hydroxyl groups is 1. The summed E-state index contributed by atoms with van der Waals surface area (Å²) in [7, 11) is 1.38. The molecule has 3 aromatic rings. The number of ketones is 1. The minimum absolute atomic E-state index is 0.0993. The molecule has 1 saturated heterocycles. The average Bonchev–Trinajstić information content (AvgIpc) is 3.40. The van der Waals surface area contributed by atoms with Crippen LogP contribution in [0, 0.1) is 0 Å². The Labute approximate surface area is 204 Å². The Morgan fingerprint density at radius 3 is 2.45 bits per heavy atom. The minimum atomic E-state index is -0.935. The fourth-order valence-corrected chi connectivity index (χ4v) is 4.54. The first-order chi connectivity index (χ1) is 15.8. The van der Waals surface area contributed by atoms with Crippen molar-refractivity contribution in [1.82, 2.24) is 4.90 Å². The van der Waals surface area contributed by atoms with Gasteiger partial charge in [0, 0.05) is 16.6 Å². The zero-order chi connectivity index (χ0) is 23.7. The van der Waals surface area contributed by atoms with Crippen molar-refractivity contribution in [1.29, 1.82) is 0 Å². The molecule has 0 radical (unpaired) electrons. The number of carbonyl (C=O) groups excluding carboxylic acids is 2. The maximum Gasteiger partial charge on any atom is 0.295 e. The first-order valence-electron chi connectivity index (χ1n) is 9.91. The minimum Gasteiger partial charge on any atom is -0.507 e. The Balaban J connectivity index is 1.80. The Bertz CT molecular complexity index is 1240. The van der Waals surface area contributed by atoms with Crippen molar-refractivity contribution in [3.8, 4) is 5.75 Å². The molecule has 9 heteroatoms. The van der Waals surface area contributed by atoms with Crippen LogP contribution in [-0.2, 0) is 16.0 Å². The molecule has 1 aromatic heterocycles. The molecule has 1 amide bonds. The zero-order valence-electron chi connectivity index (χ0n) is 17.3. The van der Waals surface area contributed by atoms with Crippen molar-refractivity contribution < 1.29 is 23.8 Å². The van der Waals surface area contributed by atoms with E-state index >= 15 is 0 Å². The van der Waals surface area contributed by atoms with E-state index in [4.69, 9.17) is 44.0 Å². The lowest BCUT2D eigenvalue weighted by atomic mass is 9.98. The summed E-state index contributed by atoms with van der Waals surface area (Å²) in [6.45, 7) is 0.210. The third-order valence-corrected chi connectivity index (χ3v) is 6.13. The van der Waals surface area contributed by atoms with E-state index in [0.717, 1.165) is 5.56 Å². The van der Waals surface area contributed by atoms with Gasteiger partial charge in [0.05, 0.1) is 29.5 Å². The molecule has 170 valence electrons. The van der Waals surface area contributed by atoms with Gasteiger partial charge in [0.1, 0.15) is 23.3 Å². The number of aliphatic hydroxyl groups excluding tert-OH is 1. The van der Waals surface area contributed by atoms with Crippen LogP contribution in [0.5, 0.6) is 5.75 Å². The second-order valence-electron chi connectivity index (χ2n) is 7.35. The lowest BCUT2D eigenvalue weighted by molar-refractivity contribution is -0.140. The predicted octanol–water partition coefficient (Wildman–Crippen LogP) is 5.91. The third-order valence-electron chi connectivity index (χ3n) is 5.37. The highest BCUT2D eigenvalue weighted by atomic mass is 35.5. The summed E-state index contributed by atoms with van der Waals surface area (Å²) in [6.07, 6.45) is 1.90. The van der Waals surface area contributed by atoms with Crippen molar-refractivity contribution >= 4 is 52.3 Å². The second-order valence-corrected chi connectivity index (χ2v) is 8.63. The van der Waals surface area contributed by atoms with Crippen molar-refractivity contribution in [2.75, 3.05) is 13.7 Å². The van der Waals surface area contributed by atoms with Gasteiger partial charge in [-0.05, 0) is 48.4 Å². The Hall–Kier alpha value is -2.93. The van der Waals surface area contributed by atoms with Crippen molar-refractivity contribution in [3.05, 3.63) is 92.3 Å². The van der Waals surface area contributed by atoms with E-state index in [-0.39, 0.29) is 33.5 Å². The monoisotopic (exact) mass is 505 g/mol. The summed E-state index contributed by atoms with van der Waals surface area (Å²) < 4.78 is 10.9. The number of furan rings is 1. The van der Waals surface area contributed by atoms with Crippen LogP contribution in [0.2, 0.25) is 15.1 Å². The highest BCUT2D eigenvalue weighted by molar-refractivity contribution is 6.46. The van der Waals surface area contributed by atoms with Gasteiger partial charge in [-0.1, -0.05) is 46.9 Å². The lowest BCUT2D eigenvalue weighted by Gasteiger charge is -2.23. The van der Waals surface area contributed by atoms with Gasteiger partial charge in [0.15, 0.2) is 0 Å². The number of ether oxygens (including phenoxy) is 1. The molecule has 0 spiro atoms. The van der Waals surface area contributed by atoms with Gasteiger partial charge >= 0.3 is 0 Å². The van der Waals surface area contributed by atoms with E-state index in [1.54, 1.807) is 24.3 Å². The molecule has 1 fully saturated rings. The number of hydrogen-bond donors (Lipinski definition) is 1. The average molecular weight is 507 g/mol. The third kappa shape index (κ3) is 4.47. The van der Waals surface area contributed by atoms with Gasteiger partial charge in [-0.3, -0.25) is 9.59 Å². The zero-order valence-corrected chi connectivity index (χ0v) is 19.6. The molecule has 4 rings (SSSR count). The molecule has 1 unspecified atom stereocenters. The summed E-state index contributed by atoms with van der Waals surface area (Å²) in [4.78, 5) is 27.5. The molecule has 2 heterocycles. The van der Waals surface area contributed by atoms with Gasteiger partial charge in [-0.2, -0.15) is 0 Å². The number of hydrogen-bond acceptors (Lipinski definition) is 5. The normalized spacial score (nSPS) is 17.6. The van der Waals surface area contributed by atoms with E-state index < -0.39 is 23.5 Å². The van der Waals surface area contributed by atoms with Crippen LogP contribution in [0.25, 0.3) is 5.76 Å². The highest BCUT2D eigenvalue weighted by Crippen LogP contribution is 2.43. The predicted molar refractivity (Wildman–Crippen MR) is 126 cm³/mol. The lowest BCUT2D eigenvalue weighted by Crippen LogP contribution is -2.31. The summed E-state index contributed by atoms with van der Waals surface area (Å²) >= 11 is 18.3.